The number of hydrogen-bond acceptors (Lipinski definition) is 3. The van der Waals surface area contributed by atoms with Crippen molar-refractivity contribution in [3.8, 4) is 0 Å². The second-order valence-corrected chi connectivity index (χ2v) is 7.74. The lowest BCUT2D eigenvalue weighted by Crippen LogP contribution is -2.26. The van der Waals surface area contributed by atoms with E-state index in [9.17, 15) is 8.42 Å². The van der Waals surface area contributed by atoms with E-state index in [0.717, 1.165) is 25.0 Å². The predicted octanol–water partition coefficient (Wildman–Crippen LogP) is 1.73. The second-order valence-electron chi connectivity index (χ2n) is 6.03. The maximum Gasteiger partial charge on any atom is 0.242 e. The molecule has 1 aromatic rings. The van der Waals surface area contributed by atoms with Crippen LogP contribution in [-0.2, 0) is 16.6 Å². The summed E-state index contributed by atoms with van der Waals surface area (Å²) in [6.45, 7) is 2.84. The standard InChI is InChI=1S/C14H23N3O2S/c1-2-3-10-6-14(10)17-20(18,19)13-7-12(16-9-13)8-15-11-4-5-11/h7,9-11,14-17H,2-6,8H2,1H3. The zero-order chi connectivity index (χ0) is 14.2. The number of sulfonamides is 1. The minimum Gasteiger partial charge on any atom is -0.363 e. The first-order valence-electron chi connectivity index (χ1n) is 7.51. The quantitative estimate of drug-likeness (QED) is 0.684. The highest BCUT2D eigenvalue weighted by atomic mass is 32.2. The average molecular weight is 297 g/mol. The Kier molecular flexibility index (Phi) is 3.88. The number of rotatable bonds is 8. The zero-order valence-electron chi connectivity index (χ0n) is 11.9. The number of nitrogens with one attached hydrogen (secondary N) is 3. The van der Waals surface area contributed by atoms with Crippen molar-refractivity contribution in [3.05, 3.63) is 18.0 Å². The van der Waals surface area contributed by atoms with Gasteiger partial charge >= 0.3 is 0 Å². The Bertz CT molecular complexity index is 563. The van der Waals surface area contributed by atoms with E-state index in [4.69, 9.17) is 0 Å². The molecule has 2 saturated carbocycles. The lowest BCUT2D eigenvalue weighted by atomic mass is 10.2. The van der Waals surface area contributed by atoms with E-state index in [2.05, 4.69) is 21.9 Å². The van der Waals surface area contributed by atoms with Crippen molar-refractivity contribution in [2.45, 2.75) is 62.6 Å². The van der Waals surface area contributed by atoms with E-state index in [1.54, 1.807) is 12.3 Å². The van der Waals surface area contributed by atoms with Gasteiger partial charge < -0.3 is 10.3 Å². The van der Waals surface area contributed by atoms with Gasteiger partial charge in [-0.15, -0.1) is 0 Å². The molecule has 0 aliphatic heterocycles. The minimum atomic E-state index is -3.36. The highest BCUT2D eigenvalue weighted by Gasteiger charge is 2.39. The van der Waals surface area contributed by atoms with Gasteiger partial charge in [0.05, 0.1) is 4.90 Å². The van der Waals surface area contributed by atoms with Crippen molar-refractivity contribution in [2.24, 2.45) is 5.92 Å². The lowest BCUT2D eigenvalue weighted by Gasteiger charge is -2.03. The number of H-pyrrole nitrogens is 1. The highest BCUT2D eigenvalue weighted by Crippen LogP contribution is 2.35. The number of aromatic nitrogens is 1. The van der Waals surface area contributed by atoms with E-state index < -0.39 is 10.0 Å². The third-order valence-electron chi connectivity index (χ3n) is 4.07. The molecule has 1 aromatic heterocycles. The van der Waals surface area contributed by atoms with E-state index in [-0.39, 0.29) is 6.04 Å². The molecule has 3 N–H and O–H groups in total. The van der Waals surface area contributed by atoms with Gasteiger partial charge in [0.15, 0.2) is 0 Å². The number of aromatic amines is 1. The van der Waals surface area contributed by atoms with Gasteiger partial charge in [-0.25, -0.2) is 13.1 Å². The van der Waals surface area contributed by atoms with Gasteiger partial charge in [0, 0.05) is 30.5 Å². The summed E-state index contributed by atoms with van der Waals surface area (Å²) in [5.74, 6) is 0.532. The molecule has 0 aromatic carbocycles. The first-order valence-corrected chi connectivity index (χ1v) is 9.00. The van der Waals surface area contributed by atoms with Crippen LogP contribution in [0.15, 0.2) is 17.2 Å². The van der Waals surface area contributed by atoms with Crippen molar-refractivity contribution in [1.29, 1.82) is 0 Å². The Labute approximate surface area is 120 Å². The van der Waals surface area contributed by atoms with Crippen LogP contribution in [0.1, 0.15) is 44.7 Å². The molecule has 2 aliphatic rings. The topological polar surface area (TPSA) is 74.0 Å². The van der Waals surface area contributed by atoms with Crippen LogP contribution in [0.2, 0.25) is 0 Å². The Hall–Kier alpha value is -0.850. The maximum absolute atomic E-state index is 12.2. The second kappa shape index (κ2) is 5.50. The molecule has 0 bridgehead atoms. The Morgan fingerprint density at radius 3 is 2.90 bits per heavy atom. The molecule has 20 heavy (non-hydrogen) atoms. The molecular weight excluding hydrogens is 274 g/mol. The summed E-state index contributed by atoms with van der Waals surface area (Å²) in [5, 5.41) is 3.37. The molecule has 2 fully saturated rings. The van der Waals surface area contributed by atoms with Crippen LogP contribution in [0.3, 0.4) is 0 Å². The van der Waals surface area contributed by atoms with Crippen molar-refractivity contribution in [1.82, 2.24) is 15.0 Å². The molecule has 5 nitrogen and oxygen atoms in total. The van der Waals surface area contributed by atoms with Crippen molar-refractivity contribution in [3.63, 3.8) is 0 Å². The van der Waals surface area contributed by atoms with Gasteiger partial charge in [0.2, 0.25) is 10.0 Å². The van der Waals surface area contributed by atoms with Gasteiger partial charge in [0.25, 0.3) is 0 Å². The summed E-state index contributed by atoms with van der Waals surface area (Å²) in [7, 11) is -3.36. The molecule has 2 atom stereocenters. The predicted molar refractivity (Wildman–Crippen MR) is 77.8 cm³/mol. The molecule has 0 spiro atoms. The molecule has 0 amide bonds. The first kappa shape index (κ1) is 14.1. The van der Waals surface area contributed by atoms with Gasteiger partial charge in [-0.3, -0.25) is 0 Å². The SMILES string of the molecule is CCCC1CC1NS(=O)(=O)c1c[nH]c(CNC2CC2)c1. The lowest BCUT2D eigenvalue weighted by molar-refractivity contribution is 0.573. The summed E-state index contributed by atoms with van der Waals surface area (Å²) in [4.78, 5) is 3.40. The van der Waals surface area contributed by atoms with Crippen LogP contribution >= 0.6 is 0 Å². The molecular formula is C14H23N3O2S. The fourth-order valence-electron chi connectivity index (χ4n) is 2.57. The monoisotopic (exact) mass is 297 g/mol. The molecule has 1 heterocycles. The third-order valence-corrected chi connectivity index (χ3v) is 5.54. The van der Waals surface area contributed by atoms with E-state index in [1.807, 2.05) is 0 Å². The van der Waals surface area contributed by atoms with Gasteiger partial charge in [-0.05, 0) is 37.7 Å². The molecule has 2 unspecified atom stereocenters. The smallest absolute Gasteiger partial charge is 0.242 e. The summed E-state index contributed by atoms with van der Waals surface area (Å²) in [6.07, 6.45) is 7.25. The normalized spacial score (nSPS) is 25.9. The third kappa shape index (κ3) is 3.42. The molecule has 2 aliphatic carbocycles. The van der Waals surface area contributed by atoms with E-state index >= 15 is 0 Å². The van der Waals surface area contributed by atoms with Crippen LogP contribution in [0, 0.1) is 5.92 Å². The van der Waals surface area contributed by atoms with Crippen molar-refractivity contribution in [2.75, 3.05) is 0 Å². The van der Waals surface area contributed by atoms with Crippen molar-refractivity contribution < 1.29 is 8.42 Å². The summed E-state index contributed by atoms with van der Waals surface area (Å²) >= 11 is 0. The first-order chi connectivity index (χ1) is 9.58. The summed E-state index contributed by atoms with van der Waals surface area (Å²) in [5.41, 5.74) is 0.929. The average Bonchev–Trinajstić information content (AvgIpc) is 3.29. The fraction of sp³-hybridized carbons (Fsp3) is 0.714. The zero-order valence-corrected chi connectivity index (χ0v) is 12.7. The molecule has 0 radical (unpaired) electrons. The summed E-state index contributed by atoms with van der Waals surface area (Å²) in [6, 6.07) is 2.50. The van der Waals surface area contributed by atoms with E-state index in [1.165, 1.54) is 12.8 Å². The number of hydrogen-bond donors (Lipinski definition) is 3. The van der Waals surface area contributed by atoms with Crippen LogP contribution in [0.25, 0.3) is 0 Å². The van der Waals surface area contributed by atoms with Crippen LogP contribution in [0.4, 0.5) is 0 Å². The van der Waals surface area contributed by atoms with Crippen molar-refractivity contribution >= 4 is 10.0 Å². The minimum absolute atomic E-state index is 0.142. The largest absolute Gasteiger partial charge is 0.363 e. The van der Waals surface area contributed by atoms with Gasteiger partial charge in [0.1, 0.15) is 0 Å². The van der Waals surface area contributed by atoms with Crippen LogP contribution in [-0.4, -0.2) is 25.5 Å². The molecule has 3 rings (SSSR count). The van der Waals surface area contributed by atoms with E-state index in [0.29, 0.717) is 23.4 Å². The fourth-order valence-corrected chi connectivity index (χ4v) is 3.90. The molecule has 112 valence electrons. The molecule has 6 heteroatoms. The van der Waals surface area contributed by atoms with Crippen LogP contribution < -0.4 is 10.0 Å². The maximum atomic E-state index is 12.2. The Morgan fingerprint density at radius 1 is 1.40 bits per heavy atom. The Balaban J connectivity index is 1.56. The van der Waals surface area contributed by atoms with Gasteiger partial charge in [-0.2, -0.15) is 0 Å². The van der Waals surface area contributed by atoms with Crippen LogP contribution in [0.5, 0.6) is 0 Å². The van der Waals surface area contributed by atoms with Gasteiger partial charge in [-0.1, -0.05) is 13.3 Å². The Morgan fingerprint density at radius 2 is 2.20 bits per heavy atom. The summed E-state index contributed by atoms with van der Waals surface area (Å²) < 4.78 is 27.3. The highest BCUT2D eigenvalue weighted by molar-refractivity contribution is 7.89. The molecule has 0 saturated heterocycles.